The van der Waals surface area contributed by atoms with Gasteiger partial charge in [-0.25, -0.2) is 4.79 Å². The van der Waals surface area contributed by atoms with Crippen molar-refractivity contribution in [1.82, 2.24) is 9.80 Å². The van der Waals surface area contributed by atoms with E-state index in [0.717, 1.165) is 17.8 Å². The average molecular weight is 651 g/mol. The predicted molar refractivity (Wildman–Crippen MR) is 166 cm³/mol. The van der Waals surface area contributed by atoms with Crippen LogP contribution in [0.25, 0.3) is 0 Å². The number of rotatable bonds is 8. The topological polar surface area (TPSA) is 113 Å². The summed E-state index contributed by atoms with van der Waals surface area (Å²) >= 11 is 0. The summed E-state index contributed by atoms with van der Waals surface area (Å²) in [5.41, 5.74) is 2.21. The molecule has 1 atom stereocenters. The molecule has 3 aromatic rings. The Morgan fingerprint density at radius 3 is 2.11 bits per heavy atom. The minimum Gasteiger partial charge on any atom is -0.463 e. The third kappa shape index (κ3) is 7.29. The van der Waals surface area contributed by atoms with E-state index in [-0.39, 0.29) is 42.6 Å². The van der Waals surface area contributed by atoms with Gasteiger partial charge in [-0.1, -0.05) is 24.3 Å². The standard InChI is InChI=1S/C34H33F3N4O6/c1-3-47-33(44)31-22(2)40(30(42)20-29(31)24-8-10-26(11-9-24)34(35,36)37)21-23-4-6-25(7-5-23)32(43)39-18-16-38(17-19-39)27-12-14-28(15-13-27)41(45)46/h4-15,29H,3,16-21H2,1-2H3. The van der Waals surface area contributed by atoms with E-state index in [1.807, 2.05) is 0 Å². The van der Waals surface area contributed by atoms with Crippen molar-refractivity contribution < 1.29 is 37.2 Å². The first-order valence-electron chi connectivity index (χ1n) is 15.1. The first-order valence-corrected chi connectivity index (χ1v) is 15.1. The number of hydrogen-bond acceptors (Lipinski definition) is 7. The molecule has 13 heteroatoms. The highest BCUT2D eigenvalue weighted by Crippen LogP contribution is 2.39. The number of halogens is 3. The maximum atomic E-state index is 13.4. The van der Waals surface area contributed by atoms with Gasteiger partial charge < -0.3 is 19.4 Å². The minimum atomic E-state index is -4.51. The molecule has 1 fully saturated rings. The normalized spacial score (nSPS) is 17.2. The molecule has 2 aliphatic rings. The number of carbonyl (C=O) groups is 3. The molecule has 2 aliphatic heterocycles. The van der Waals surface area contributed by atoms with Crippen molar-refractivity contribution >= 4 is 29.2 Å². The number of nitro benzene ring substituents is 1. The number of allylic oxidation sites excluding steroid dienone is 1. The van der Waals surface area contributed by atoms with Crippen molar-refractivity contribution in [2.45, 2.75) is 38.9 Å². The summed E-state index contributed by atoms with van der Waals surface area (Å²) < 4.78 is 44.7. The van der Waals surface area contributed by atoms with Gasteiger partial charge in [0, 0.05) is 67.6 Å². The van der Waals surface area contributed by atoms with E-state index in [0.29, 0.717) is 48.6 Å². The third-order valence-corrected chi connectivity index (χ3v) is 8.49. The van der Waals surface area contributed by atoms with Gasteiger partial charge >= 0.3 is 12.1 Å². The summed E-state index contributed by atoms with van der Waals surface area (Å²) in [6, 6.07) is 17.6. The lowest BCUT2D eigenvalue weighted by molar-refractivity contribution is -0.384. The highest BCUT2D eigenvalue weighted by molar-refractivity contribution is 5.96. The number of anilines is 1. The van der Waals surface area contributed by atoms with Crippen molar-refractivity contribution in [2.24, 2.45) is 0 Å². The largest absolute Gasteiger partial charge is 0.463 e. The molecule has 246 valence electrons. The van der Waals surface area contributed by atoms with Crippen LogP contribution in [0.3, 0.4) is 0 Å². The van der Waals surface area contributed by atoms with Gasteiger partial charge in [0.1, 0.15) is 0 Å². The van der Waals surface area contributed by atoms with Gasteiger partial charge in [-0.05, 0) is 61.4 Å². The van der Waals surface area contributed by atoms with Gasteiger partial charge in [0.15, 0.2) is 0 Å². The second kappa shape index (κ2) is 13.7. The number of hydrogen-bond donors (Lipinski definition) is 0. The van der Waals surface area contributed by atoms with Crippen LogP contribution in [-0.2, 0) is 27.0 Å². The molecule has 0 spiro atoms. The number of benzene rings is 3. The Hall–Kier alpha value is -5.20. The van der Waals surface area contributed by atoms with Crippen LogP contribution >= 0.6 is 0 Å². The van der Waals surface area contributed by atoms with Gasteiger partial charge in [-0.15, -0.1) is 0 Å². The summed E-state index contributed by atoms with van der Waals surface area (Å²) in [5.74, 6) is -1.84. The van der Waals surface area contributed by atoms with E-state index in [1.165, 1.54) is 29.2 Å². The van der Waals surface area contributed by atoms with Crippen LogP contribution in [0.5, 0.6) is 0 Å². The first-order chi connectivity index (χ1) is 22.4. The molecule has 2 amide bonds. The number of alkyl halides is 3. The molecule has 1 unspecified atom stereocenters. The van der Waals surface area contributed by atoms with Gasteiger partial charge in [0.2, 0.25) is 5.91 Å². The number of amides is 2. The van der Waals surface area contributed by atoms with Crippen LogP contribution < -0.4 is 4.90 Å². The number of non-ortho nitro benzene ring substituents is 1. The Labute approximate surface area is 269 Å². The molecule has 47 heavy (non-hydrogen) atoms. The second-order valence-corrected chi connectivity index (χ2v) is 11.3. The number of nitrogens with zero attached hydrogens (tertiary/aromatic N) is 4. The fourth-order valence-electron chi connectivity index (χ4n) is 5.94. The molecule has 0 radical (unpaired) electrons. The SMILES string of the molecule is CCOC(=O)C1=C(C)N(Cc2ccc(C(=O)N3CCN(c4ccc([N+](=O)[O-])cc4)CC3)cc2)C(=O)CC1c1ccc(C(F)(F)F)cc1. The molecule has 0 aromatic heterocycles. The molecular formula is C34H33F3N4O6. The molecule has 5 rings (SSSR count). The zero-order valence-corrected chi connectivity index (χ0v) is 25.8. The lowest BCUT2D eigenvalue weighted by Crippen LogP contribution is -2.48. The molecule has 2 heterocycles. The molecule has 1 saturated heterocycles. The smallest absolute Gasteiger partial charge is 0.416 e. The number of esters is 1. The molecule has 0 saturated carbocycles. The molecule has 0 aliphatic carbocycles. The fraction of sp³-hybridized carbons (Fsp3) is 0.324. The van der Waals surface area contributed by atoms with Crippen LogP contribution in [0.4, 0.5) is 24.5 Å². The van der Waals surface area contributed by atoms with Crippen LogP contribution in [-0.4, -0.2) is 65.3 Å². The zero-order chi connectivity index (χ0) is 33.9. The molecule has 3 aromatic carbocycles. The van der Waals surface area contributed by atoms with Crippen molar-refractivity contribution in [1.29, 1.82) is 0 Å². The van der Waals surface area contributed by atoms with E-state index in [1.54, 1.807) is 55.1 Å². The quantitative estimate of drug-likeness (QED) is 0.169. The highest BCUT2D eigenvalue weighted by Gasteiger charge is 2.38. The Morgan fingerprint density at radius 1 is 0.936 bits per heavy atom. The van der Waals surface area contributed by atoms with Gasteiger partial charge in [0.25, 0.3) is 11.6 Å². The molecule has 0 N–H and O–H groups in total. The number of piperazine rings is 1. The van der Waals surface area contributed by atoms with E-state index < -0.39 is 28.6 Å². The third-order valence-electron chi connectivity index (χ3n) is 8.49. The maximum Gasteiger partial charge on any atom is 0.416 e. The fourth-order valence-corrected chi connectivity index (χ4v) is 5.94. The summed E-state index contributed by atoms with van der Waals surface area (Å²) in [7, 11) is 0. The molecular weight excluding hydrogens is 617 g/mol. The van der Waals surface area contributed by atoms with Crippen molar-refractivity contribution in [3.63, 3.8) is 0 Å². The molecule has 0 bridgehead atoms. The summed E-state index contributed by atoms with van der Waals surface area (Å²) in [4.78, 5) is 55.4. The minimum absolute atomic E-state index is 0.0173. The Morgan fingerprint density at radius 2 is 1.55 bits per heavy atom. The molecule has 10 nitrogen and oxygen atoms in total. The number of nitro groups is 1. The lowest BCUT2D eigenvalue weighted by Gasteiger charge is -2.36. The second-order valence-electron chi connectivity index (χ2n) is 11.3. The monoisotopic (exact) mass is 650 g/mol. The van der Waals surface area contributed by atoms with E-state index in [9.17, 15) is 37.7 Å². The van der Waals surface area contributed by atoms with Crippen molar-refractivity contribution in [2.75, 3.05) is 37.7 Å². The van der Waals surface area contributed by atoms with Crippen LogP contribution in [0.1, 0.15) is 53.2 Å². The van der Waals surface area contributed by atoms with Crippen LogP contribution in [0.15, 0.2) is 84.1 Å². The van der Waals surface area contributed by atoms with E-state index >= 15 is 0 Å². The summed E-state index contributed by atoms with van der Waals surface area (Å²) in [5, 5.41) is 10.9. The van der Waals surface area contributed by atoms with Crippen LogP contribution in [0, 0.1) is 10.1 Å². The summed E-state index contributed by atoms with van der Waals surface area (Å²) in [6.45, 7) is 5.56. The summed E-state index contributed by atoms with van der Waals surface area (Å²) in [6.07, 6.45) is -4.64. The highest BCUT2D eigenvalue weighted by atomic mass is 19.4. The first kappa shape index (κ1) is 33.2. The zero-order valence-electron chi connectivity index (χ0n) is 25.8. The predicted octanol–water partition coefficient (Wildman–Crippen LogP) is 5.93. The van der Waals surface area contributed by atoms with E-state index in [4.69, 9.17) is 4.74 Å². The van der Waals surface area contributed by atoms with Crippen molar-refractivity contribution in [3.05, 3.63) is 116 Å². The Bertz CT molecular complexity index is 1680. The lowest BCUT2D eigenvalue weighted by atomic mass is 9.83. The average Bonchev–Trinajstić information content (AvgIpc) is 3.06. The maximum absolute atomic E-state index is 13.4. The van der Waals surface area contributed by atoms with Gasteiger partial charge in [-0.3, -0.25) is 19.7 Å². The van der Waals surface area contributed by atoms with Gasteiger partial charge in [-0.2, -0.15) is 13.2 Å². The number of carbonyl (C=O) groups excluding carboxylic acids is 3. The number of ether oxygens (including phenoxy) is 1. The van der Waals surface area contributed by atoms with Crippen LogP contribution in [0.2, 0.25) is 0 Å². The van der Waals surface area contributed by atoms with Gasteiger partial charge in [0.05, 0.1) is 29.2 Å². The Balaban J connectivity index is 1.27. The Kier molecular flexibility index (Phi) is 9.64. The van der Waals surface area contributed by atoms with E-state index in [2.05, 4.69) is 4.90 Å². The van der Waals surface area contributed by atoms with Crippen molar-refractivity contribution in [3.8, 4) is 0 Å².